The van der Waals surface area contributed by atoms with Gasteiger partial charge >= 0.3 is 0 Å². The summed E-state index contributed by atoms with van der Waals surface area (Å²) >= 11 is 1.32. The smallest absolute Gasteiger partial charge is 0.262 e. The first kappa shape index (κ1) is 23.8. The first-order valence-corrected chi connectivity index (χ1v) is 13.7. The lowest BCUT2D eigenvalue weighted by Crippen LogP contribution is -2.27. The fourth-order valence-electron chi connectivity index (χ4n) is 5.33. The summed E-state index contributed by atoms with van der Waals surface area (Å²) in [4.78, 5) is 33.7. The van der Waals surface area contributed by atoms with Crippen molar-refractivity contribution < 1.29 is 13.9 Å². The summed E-state index contributed by atoms with van der Waals surface area (Å²) in [7, 11) is 0. The number of likely N-dealkylation sites (tertiary alicyclic amines) is 1. The Morgan fingerprint density at radius 2 is 1.90 bits per heavy atom. The van der Waals surface area contributed by atoms with E-state index in [1.807, 2.05) is 42.5 Å². The van der Waals surface area contributed by atoms with E-state index in [2.05, 4.69) is 20.5 Å². The molecule has 2 N–H and O–H groups in total. The maximum atomic E-state index is 15.6. The number of nitrogens with zero attached hydrogens (tertiary/aromatic N) is 3. The Hall–Kier alpha value is -4.28. The van der Waals surface area contributed by atoms with Gasteiger partial charge in [0.25, 0.3) is 5.91 Å². The maximum Gasteiger partial charge on any atom is 0.262 e. The minimum Gasteiger partial charge on any atom is -0.451 e. The predicted molar refractivity (Wildman–Crippen MR) is 151 cm³/mol. The van der Waals surface area contributed by atoms with E-state index in [1.54, 1.807) is 10.6 Å². The van der Waals surface area contributed by atoms with Crippen molar-refractivity contribution in [3.05, 3.63) is 82.4 Å². The lowest BCUT2D eigenvalue weighted by molar-refractivity contribution is 0.102. The van der Waals surface area contributed by atoms with Crippen molar-refractivity contribution in [3.8, 4) is 17.2 Å². The number of thiazole rings is 1. The molecule has 1 saturated heterocycles. The Morgan fingerprint density at radius 1 is 1.10 bits per heavy atom. The molecule has 1 amide bonds. The summed E-state index contributed by atoms with van der Waals surface area (Å²) in [6.45, 7) is 3.40. The largest absolute Gasteiger partial charge is 0.451 e. The summed E-state index contributed by atoms with van der Waals surface area (Å²) in [6.07, 6.45) is 3.86. The van der Waals surface area contributed by atoms with Crippen LogP contribution in [0.25, 0.3) is 26.8 Å². The number of carbonyl (C=O) groups is 1. The molecule has 0 radical (unpaired) electrons. The zero-order chi connectivity index (χ0) is 26.5. The molecule has 2 aromatic heterocycles. The second-order valence-corrected chi connectivity index (χ2v) is 10.7. The van der Waals surface area contributed by atoms with Crippen LogP contribution in [-0.4, -0.2) is 46.5 Å². The van der Waals surface area contributed by atoms with Crippen LogP contribution in [-0.2, 0) is 0 Å². The van der Waals surface area contributed by atoms with Crippen molar-refractivity contribution in [1.82, 2.24) is 14.5 Å². The highest BCUT2D eigenvalue weighted by molar-refractivity contribution is 7.22. The van der Waals surface area contributed by atoms with E-state index in [1.165, 1.54) is 36.4 Å². The molecule has 5 aromatic rings. The van der Waals surface area contributed by atoms with Gasteiger partial charge in [0.1, 0.15) is 16.8 Å². The number of hydrogen-bond acceptors (Lipinski definition) is 7. The van der Waals surface area contributed by atoms with Crippen molar-refractivity contribution in [3.63, 3.8) is 0 Å². The molecule has 1 fully saturated rings. The van der Waals surface area contributed by atoms with Crippen molar-refractivity contribution in [2.24, 2.45) is 0 Å². The normalized spacial score (nSPS) is 14.4. The highest BCUT2D eigenvalue weighted by Gasteiger charge is 2.28. The first-order valence-electron chi connectivity index (χ1n) is 12.9. The number of halogens is 1. The van der Waals surface area contributed by atoms with Gasteiger partial charge in [0.15, 0.2) is 22.4 Å². The average molecular weight is 542 g/mol. The number of para-hydroxylation sites is 3. The minimum absolute atomic E-state index is 0.0686. The molecular weight excluding hydrogens is 517 g/mol. The molecular formula is C29H24FN5O3S. The topological polar surface area (TPSA) is 88.5 Å². The highest BCUT2D eigenvalue weighted by atomic mass is 32.1. The fourth-order valence-corrected chi connectivity index (χ4v) is 6.19. The fraction of sp³-hybridized carbons (Fsp3) is 0.207. The summed E-state index contributed by atoms with van der Waals surface area (Å²) in [5.41, 5.74) is 1.34. The third-order valence-electron chi connectivity index (χ3n) is 7.22. The Labute approximate surface area is 226 Å². The molecule has 0 atom stereocenters. The van der Waals surface area contributed by atoms with E-state index in [0.29, 0.717) is 28.6 Å². The summed E-state index contributed by atoms with van der Waals surface area (Å²) in [5.74, 6) is -0.477. The van der Waals surface area contributed by atoms with E-state index in [0.717, 1.165) is 29.9 Å². The van der Waals surface area contributed by atoms with Crippen LogP contribution in [0, 0.1) is 5.82 Å². The number of ether oxygens (including phenoxy) is 1. The van der Waals surface area contributed by atoms with Crippen LogP contribution >= 0.6 is 11.3 Å². The second-order valence-electron chi connectivity index (χ2n) is 9.69. The van der Waals surface area contributed by atoms with Gasteiger partial charge in [0, 0.05) is 19.3 Å². The van der Waals surface area contributed by atoms with Gasteiger partial charge in [0.05, 0.1) is 21.3 Å². The Balaban J connectivity index is 1.32. The summed E-state index contributed by atoms with van der Waals surface area (Å²) < 4.78 is 24.4. The Bertz CT molecular complexity index is 1790. The van der Waals surface area contributed by atoms with Crippen LogP contribution < -0.4 is 20.8 Å². The summed E-state index contributed by atoms with van der Waals surface area (Å²) in [5, 5.41) is 6.41. The highest BCUT2D eigenvalue weighted by Crippen LogP contribution is 2.45. The molecule has 2 aliphatic rings. The lowest BCUT2D eigenvalue weighted by atomic mass is 10.1. The summed E-state index contributed by atoms with van der Waals surface area (Å²) in [6, 6.07) is 16.0. The molecule has 0 saturated carbocycles. The van der Waals surface area contributed by atoms with Crippen LogP contribution in [0.5, 0.6) is 11.5 Å². The SMILES string of the molecule is O=C(Nc1nc2ccccc2s1)c1cn2c3c(c(NCCN4CCCC4)c(F)cc3c1=O)Oc1ccccc1-2. The van der Waals surface area contributed by atoms with Crippen LogP contribution in [0.3, 0.4) is 0 Å². The number of pyridine rings is 1. The van der Waals surface area contributed by atoms with Crippen LogP contribution in [0.4, 0.5) is 15.2 Å². The standard InChI is InChI=1S/C29H24FN5O3S/c30-19-15-17-25-27(24(19)31-11-14-34-12-5-6-13-34)38-22-9-3-2-8-21(22)35(25)16-18(26(17)36)28(37)33-29-32-20-7-1-4-10-23(20)39-29/h1-4,7-10,15-16,31H,5-6,11-14H2,(H,32,33,37). The number of nitrogens with one attached hydrogen (secondary N) is 2. The number of fused-ring (bicyclic) bond motifs is 3. The van der Waals surface area contributed by atoms with Gasteiger partial charge in [-0.2, -0.15) is 0 Å². The van der Waals surface area contributed by atoms with Gasteiger partial charge in [-0.1, -0.05) is 35.6 Å². The molecule has 2 aliphatic heterocycles. The van der Waals surface area contributed by atoms with Gasteiger partial charge < -0.3 is 19.5 Å². The van der Waals surface area contributed by atoms with E-state index in [4.69, 9.17) is 4.74 Å². The predicted octanol–water partition coefficient (Wildman–Crippen LogP) is 5.61. The third-order valence-corrected chi connectivity index (χ3v) is 8.17. The molecule has 4 heterocycles. The molecule has 10 heteroatoms. The molecule has 7 rings (SSSR count). The van der Waals surface area contributed by atoms with Crippen molar-refractivity contribution in [1.29, 1.82) is 0 Å². The number of hydrogen-bond donors (Lipinski definition) is 2. The number of rotatable bonds is 6. The van der Waals surface area contributed by atoms with Crippen LogP contribution in [0.1, 0.15) is 23.2 Å². The number of benzene rings is 3. The van der Waals surface area contributed by atoms with Gasteiger partial charge in [-0.3, -0.25) is 14.9 Å². The van der Waals surface area contributed by atoms with Crippen LogP contribution in [0.2, 0.25) is 0 Å². The van der Waals surface area contributed by atoms with E-state index in [9.17, 15) is 9.59 Å². The number of aromatic nitrogens is 2. The van der Waals surface area contributed by atoms with Crippen molar-refractivity contribution in [2.75, 3.05) is 36.8 Å². The van der Waals surface area contributed by atoms with Crippen molar-refractivity contribution in [2.45, 2.75) is 12.8 Å². The van der Waals surface area contributed by atoms with Gasteiger partial charge in [-0.25, -0.2) is 9.37 Å². The molecule has 196 valence electrons. The monoisotopic (exact) mass is 541 g/mol. The van der Waals surface area contributed by atoms with Crippen LogP contribution in [0.15, 0.2) is 65.6 Å². The average Bonchev–Trinajstić information content (AvgIpc) is 3.61. The Morgan fingerprint density at radius 3 is 2.74 bits per heavy atom. The molecule has 0 unspecified atom stereocenters. The molecule has 0 spiro atoms. The van der Waals surface area contributed by atoms with Gasteiger partial charge in [-0.15, -0.1) is 0 Å². The van der Waals surface area contributed by atoms with Gasteiger partial charge in [0.2, 0.25) is 5.43 Å². The third kappa shape index (κ3) is 4.12. The van der Waals surface area contributed by atoms with Gasteiger partial charge in [-0.05, 0) is 56.3 Å². The molecule has 39 heavy (non-hydrogen) atoms. The van der Waals surface area contributed by atoms with E-state index >= 15 is 4.39 Å². The molecule has 3 aromatic carbocycles. The minimum atomic E-state index is -0.608. The second kappa shape index (κ2) is 9.48. The lowest BCUT2D eigenvalue weighted by Gasteiger charge is -2.26. The molecule has 8 nitrogen and oxygen atoms in total. The van der Waals surface area contributed by atoms with E-state index < -0.39 is 17.2 Å². The molecule has 0 bridgehead atoms. The zero-order valence-electron chi connectivity index (χ0n) is 20.9. The zero-order valence-corrected chi connectivity index (χ0v) is 21.7. The van der Waals surface area contributed by atoms with E-state index in [-0.39, 0.29) is 22.4 Å². The number of anilines is 2. The Kier molecular flexibility index (Phi) is 5.79. The number of amides is 1. The van der Waals surface area contributed by atoms with Crippen molar-refractivity contribution >= 4 is 49.2 Å². The quantitative estimate of drug-likeness (QED) is 0.285. The first-order chi connectivity index (χ1) is 19.1. The maximum absolute atomic E-state index is 15.6. The molecule has 0 aliphatic carbocycles. The number of carbonyl (C=O) groups excluding carboxylic acids is 1.